The van der Waals surface area contributed by atoms with Gasteiger partial charge in [-0.25, -0.2) is 0 Å². The third-order valence-electron chi connectivity index (χ3n) is 3.79. The van der Waals surface area contributed by atoms with Gasteiger partial charge in [0.25, 0.3) is 5.91 Å². The van der Waals surface area contributed by atoms with Gasteiger partial charge < -0.3 is 19.2 Å². The summed E-state index contributed by atoms with van der Waals surface area (Å²) in [5.74, 6) is 1.84. The maximum absolute atomic E-state index is 11.9. The zero-order valence-corrected chi connectivity index (χ0v) is 14.1. The van der Waals surface area contributed by atoms with Gasteiger partial charge in [0.1, 0.15) is 5.76 Å². The average molecular weight is 317 g/mol. The normalized spacial score (nSPS) is 10.4. The molecule has 0 saturated carbocycles. The number of methoxy groups -OCH3 is 1. The van der Waals surface area contributed by atoms with Gasteiger partial charge in [0.05, 0.1) is 19.9 Å². The Kier molecular flexibility index (Phi) is 5.68. The summed E-state index contributed by atoms with van der Waals surface area (Å²) in [6, 6.07) is 5.67. The second kappa shape index (κ2) is 7.72. The van der Waals surface area contributed by atoms with E-state index in [1.165, 1.54) is 0 Å². The van der Waals surface area contributed by atoms with E-state index in [0.717, 1.165) is 23.1 Å². The highest BCUT2D eigenvalue weighted by Gasteiger charge is 2.16. The molecule has 0 spiro atoms. The average Bonchev–Trinajstić information content (AvgIpc) is 3.07. The molecule has 0 aliphatic carbocycles. The molecule has 2 aromatic rings. The monoisotopic (exact) mass is 317 g/mol. The molecular weight excluding hydrogens is 294 g/mol. The topological polar surface area (TPSA) is 60.7 Å². The van der Waals surface area contributed by atoms with Gasteiger partial charge in [0, 0.05) is 0 Å². The van der Waals surface area contributed by atoms with Crippen LogP contribution in [0.3, 0.4) is 0 Å². The summed E-state index contributed by atoms with van der Waals surface area (Å²) in [5, 5.41) is 2.76. The minimum Gasteiger partial charge on any atom is -0.493 e. The molecule has 0 aliphatic heterocycles. The van der Waals surface area contributed by atoms with Crippen LogP contribution in [0, 0.1) is 13.8 Å². The lowest BCUT2D eigenvalue weighted by molar-refractivity contribution is -0.123. The summed E-state index contributed by atoms with van der Waals surface area (Å²) in [6.45, 7) is 6.36. The second-order valence-corrected chi connectivity index (χ2v) is 5.34. The molecule has 1 heterocycles. The highest BCUT2D eigenvalue weighted by molar-refractivity contribution is 5.77. The Morgan fingerprint density at radius 1 is 1.30 bits per heavy atom. The highest BCUT2D eigenvalue weighted by Crippen LogP contribution is 2.37. The van der Waals surface area contributed by atoms with E-state index < -0.39 is 0 Å². The number of amides is 1. The Morgan fingerprint density at radius 3 is 2.70 bits per heavy atom. The first-order valence-corrected chi connectivity index (χ1v) is 7.65. The maximum atomic E-state index is 11.9. The van der Waals surface area contributed by atoms with Gasteiger partial charge in [-0.1, -0.05) is 13.0 Å². The number of furan rings is 1. The minimum absolute atomic E-state index is 0.0629. The Morgan fingerprint density at radius 2 is 2.09 bits per heavy atom. The minimum atomic E-state index is -0.205. The van der Waals surface area contributed by atoms with Crippen LogP contribution in [-0.4, -0.2) is 19.6 Å². The smallest absolute Gasteiger partial charge is 0.258 e. The molecular formula is C18H23NO4. The van der Waals surface area contributed by atoms with Crippen LogP contribution < -0.4 is 14.8 Å². The van der Waals surface area contributed by atoms with Gasteiger partial charge >= 0.3 is 0 Å². The van der Waals surface area contributed by atoms with E-state index in [2.05, 4.69) is 11.4 Å². The SMILES string of the molecule is CCc1cc(C)c(C)c(OC)c1OCC(=O)NCc1ccco1. The number of ether oxygens (including phenoxy) is 2. The van der Waals surface area contributed by atoms with Crippen LogP contribution in [0.5, 0.6) is 11.5 Å². The van der Waals surface area contributed by atoms with E-state index in [1.807, 2.05) is 26.8 Å². The van der Waals surface area contributed by atoms with Crippen molar-refractivity contribution in [3.63, 3.8) is 0 Å². The molecule has 0 aliphatic rings. The van der Waals surface area contributed by atoms with Crippen LogP contribution in [-0.2, 0) is 17.8 Å². The molecule has 23 heavy (non-hydrogen) atoms. The van der Waals surface area contributed by atoms with E-state index in [0.29, 0.717) is 23.8 Å². The fraction of sp³-hybridized carbons (Fsp3) is 0.389. The first kappa shape index (κ1) is 16.9. The molecule has 1 aromatic carbocycles. The molecule has 1 aromatic heterocycles. The lowest BCUT2D eigenvalue weighted by Crippen LogP contribution is -2.28. The molecule has 2 rings (SSSR count). The van der Waals surface area contributed by atoms with Crippen LogP contribution in [0.4, 0.5) is 0 Å². The summed E-state index contributed by atoms with van der Waals surface area (Å²) >= 11 is 0. The molecule has 0 fully saturated rings. The molecule has 1 amide bonds. The third kappa shape index (κ3) is 4.06. The fourth-order valence-electron chi connectivity index (χ4n) is 2.38. The fourth-order valence-corrected chi connectivity index (χ4v) is 2.38. The zero-order valence-electron chi connectivity index (χ0n) is 14.1. The Labute approximate surface area is 136 Å². The molecule has 124 valence electrons. The van der Waals surface area contributed by atoms with Gasteiger partial charge in [-0.15, -0.1) is 0 Å². The molecule has 5 nitrogen and oxygen atoms in total. The van der Waals surface area contributed by atoms with Crippen molar-refractivity contribution in [1.29, 1.82) is 0 Å². The van der Waals surface area contributed by atoms with Crippen molar-refractivity contribution in [2.45, 2.75) is 33.7 Å². The number of nitrogens with one attached hydrogen (secondary N) is 1. The predicted octanol–water partition coefficient (Wildman–Crippen LogP) is 3.16. The molecule has 0 saturated heterocycles. The largest absolute Gasteiger partial charge is 0.493 e. The van der Waals surface area contributed by atoms with Crippen molar-refractivity contribution in [2.24, 2.45) is 0 Å². The number of benzene rings is 1. The van der Waals surface area contributed by atoms with Gasteiger partial charge in [-0.05, 0) is 49.1 Å². The maximum Gasteiger partial charge on any atom is 0.258 e. The van der Waals surface area contributed by atoms with Crippen molar-refractivity contribution in [1.82, 2.24) is 5.32 Å². The number of hydrogen-bond acceptors (Lipinski definition) is 4. The van der Waals surface area contributed by atoms with Crippen LogP contribution in [0.25, 0.3) is 0 Å². The number of rotatable bonds is 7. The lowest BCUT2D eigenvalue weighted by atomic mass is 10.0. The summed E-state index contributed by atoms with van der Waals surface area (Å²) in [7, 11) is 1.62. The summed E-state index contributed by atoms with van der Waals surface area (Å²) in [4.78, 5) is 11.9. The summed E-state index contributed by atoms with van der Waals surface area (Å²) < 4.78 is 16.4. The van der Waals surface area contributed by atoms with Crippen molar-refractivity contribution in [3.8, 4) is 11.5 Å². The zero-order chi connectivity index (χ0) is 16.8. The molecule has 0 unspecified atom stereocenters. The molecule has 0 radical (unpaired) electrons. The van der Waals surface area contributed by atoms with Crippen LogP contribution in [0.2, 0.25) is 0 Å². The molecule has 1 N–H and O–H groups in total. The van der Waals surface area contributed by atoms with E-state index in [4.69, 9.17) is 13.9 Å². The van der Waals surface area contributed by atoms with Crippen LogP contribution in [0.15, 0.2) is 28.9 Å². The molecule has 0 bridgehead atoms. The van der Waals surface area contributed by atoms with Crippen LogP contribution >= 0.6 is 0 Å². The summed E-state index contributed by atoms with van der Waals surface area (Å²) in [5.41, 5.74) is 3.20. The number of carbonyl (C=O) groups excluding carboxylic acids is 1. The highest BCUT2D eigenvalue weighted by atomic mass is 16.5. The van der Waals surface area contributed by atoms with E-state index in [9.17, 15) is 4.79 Å². The Balaban J connectivity index is 2.04. The van der Waals surface area contributed by atoms with Crippen LogP contribution in [0.1, 0.15) is 29.4 Å². The number of hydrogen-bond donors (Lipinski definition) is 1. The quantitative estimate of drug-likeness (QED) is 0.852. The standard InChI is InChI=1S/C18H23NO4/c1-5-14-9-12(2)13(3)17(21-4)18(14)23-11-16(20)19-10-15-7-6-8-22-15/h6-9H,5,10-11H2,1-4H3,(H,19,20). The summed E-state index contributed by atoms with van der Waals surface area (Å²) in [6.07, 6.45) is 2.38. The molecule has 5 heteroatoms. The molecule has 0 atom stereocenters. The Bertz CT molecular complexity index is 662. The van der Waals surface area contributed by atoms with Gasteiger partial charge in [0.15, 0.2) is 18.1 Å². The van der Waals surface area contributed by atoms with Gasteiger partial charge in [-0.3, -0.25) is 4.79 Å². The first-order chi connectivity index (χ1) is 11.1. The lowest BCUT2D eigenvalue weighted by Gasteiger charge is -2.18. The van der Waals surface area contributed by atoms with E-state index in [-0.39, 0.29) is 12.5 Å². The van der Waals surface area contributed by atoms with Crippen molar-refractivity contribution in [2.75, 3.05) is 13.7 Å². The van der Waals surface area contributed by atoms with E-state index >= 15 is 0 Å². The number of carbonyl (C=O) groups is 1. The second-order valence-electron chi connectivity index (χ2n) is 5.34. The van der Waals surface area contributed by atoms with Gasteiger partial charge in [0.2, 0.25) is 0 Å². The van der Waals surface area contributed by atoms with Crippen molar-refractivity contribution < 1.29 is 18.7 Å². The number of aryl methyl sites for hydroxylation is 2. The predicted molar refractivity (Wildman–Crippen MR) is 87.9 cm³/mol. The van der Waals surface area contributed by atoms with E-state index in [1.54, 1.807) is 19.4 Å². The van der Waals surface area contributed by atoms with Crippen molar-refractivity contribution >= 4 is 5.91 Å². The third-order valence-corrected chi connectivity index (χ3v) is 3.79. The first-order valence-electron chi connectivity index (χ1n) is 7.65. The van der Waals surface area contributed by atoms with Crippen molar-refractivity contribution in [3.05, 3.63) is 46.9 Å². The Hall–Kier alpha value is -2.43. The van der Waals surface area contributed by atoms with Gasteiger partial charge in [-0.2, -0.15) is 0 Å².